The summed E-state index contributed by atoms with van der Waals surface area (Å²) in [5.41, 5.74) is -1.43. The van der Waals surface area contributed by atoms with Crippen LogP contribution in [-0.4, -0.2) is 42.3 Å². The van der Waals surface area contributed by atoms with E-state index >= 15 is 0 Å². The van der Waals surface area contributed by atoms with Gasteiger partial charge in [-0.05, 0) is 19.9 Å². The molecule has 0 amide bonds. The van der Waals surface area contributed by atoms with Crippen molar-refractivity contribution in [3.8, 4) is 0 Å². The van der Waals surface area contributed by atoms with E-state index in [4.69, 9.17) is 10.2 Å². The van der Waals surface area contributed by atoms with Crippen molar-refractivity contribution >= 4 is 15.7 Å². The summed E-state index contributed by atoms with van der Waals surface area (Å²) < 4.78 is 26.3. The lowest BCUT2D eigenvalue weighted by Gasteiger charge is -2.25. The number of rotatable bonds is 6. The van der Waals surface area contributed by atoms with Gasteiger partial charge in [0.25, 0.3) is 5.69 Å². The highest BCUT2D eigenvalue weighted by molar-refractivity contribution is 7.89. The number of benzene rings is 1. The van der Waals surface area contributed by atoms with Crippen LogP contribution in [0.5, 0.6) is 0 Å². The van der Waals surface area contributed by atoms with Gasteiger partial charge >= 0.3 is 0 Å². The molecule has 1 rings (SSSR count). The van der Waals surface area contributed by atoms with Gasteiger partial charge < -0.3 is 10.2 Å². The maximum atomic E-state index is 12.1. The van der Waals surface area contributed by atoms with Crippen LogP contribution in [0.1, 0.15) is 12.5 Å². The van der Waals surface area contributed by atoms with Crippen LogP contribution < -0.4 is 4.72 Å². The van der Waals surface area contributed by atoms with E-state index in [-0.39, 0.29) is 10.6 Å². The highest BCUT2D eigenvalue weighted by Crippen LogP contribution is 2.23. The Kier molecular flexibility index (Phi) is 4.81. The molecule has 0 atom stereocenters. The van der Waals surface area contributed by atoms with E-state index in [0.717, 1.165) is 6.07 Å². The summed E-state index contributed by atoms with van der Waals surface area (Å²) in [7, 11) is -4.09. The number of nitrogens with zero attached hydrogens (tertiary/aromatic N) is 1. The van der Waals surface area contributed by atoms with Gasteiger partial charge in [0.15, 0.2) is 0 Å². The Morgan fingerprint density at radius 1 is 1.35 bits per heavy atom. The fourth-order valence-electron chi connectivity index (χ4n) is 1.45. The van der Waals surface area contributed by atoms with Crippen LogP contribution in [0.2, 0.25) is 0 Å². The molecule has 1 aromatic carbocycles. The first-order chi connectivity index (χ1) is 9.15. The molecule has 0 saturated carbocycles. The number of hydrogen-bond acceptors (Lipinski definition) is 6. The van der Waals surface area contributed by atoms with E-state index in [1.165, 1.54) is 26.0 Å². The molecule has 0 saturated heterocycles. The molecular weight excluding hydrogens is 288 g/mol. The van der Waals surface area contributed by atoms with E-state index in [9.17, 15) is 18.5 Å². The van der Waals surface area contributed by atoms with Crippen molar-refractivity contribution < 1.29 is 23.6 Å². The average molecular weight is 304 g/mol. The Hall–Kier alpha value is -1.55. The number of aliphatic hydroxyl groups is 2. The lowest BCUT2D eigenvalue weighted by Crippen LogP contribution is -2.51. The van der Waals surface area contributed by atoms with Gasteiger partial charge in [-0.1, -0.05) is 6.07 Å². The normalized spacial score (nSPS) is 12.4. The molecule has 20 heavy (non-hydrogen) atoms. The summed E-state index contributed by atoms with van der Waals surface area (Å²) in [6, 6.07) is 3.48. The summed E-state index contributed by atoms with van der Waals surface area (Å²) in [4.78, 5) is 9.83. The minimum atomic E-state index is -4.09. The number of nitro benzene ring substituents is 1. The summed E-state index contributed by atoms with van der Waals surface area (Å²) in [5.74, 6) is 0. The molecule has 0 aliphatic rings. The van der Waals surface area contributed by atoms with Gasteiger partial charge in [0.1, 0.15) is 0 Å². The average Bonchev–Trinajstić information content (AvgIpc) is 2.38. The standard InChI is InChI=1S/C11H16N2O6S/c1-8-3-4-9(5-10(8)13(16)17)20(18,19)12-11(2,6-14)7-15/h3-5,12,14-15H,6-7H2,1-2H3. The molecule has 0 aliphatic carbocycles. The van der Waals surface area contributed by atoms with Gasteiger partial charge in [0, 0.05) is 11.6 Å². The molecule has 0 spiro atoms. The lowest BCUT2D eigenvalue weighted by molar-refractivity contribution is -0.385. The Labute approximate surface area is 116 Å². The van der Waals surface area contributed by atoms with Crippen LogP contribution in [0, 0.1) is 17.0 Å². The van der Waals surface area contributed by atoms with Crippen LogP contribution in [0.25, 0.3) is 0 Å². The zero-order chi connectivity index (χ0) is 15.6. The van der Waals surface area contributed by atoms with Crippen molar-refractivity contribution in [3.05, 3.63) is 33.9 Å². The largest absolute Gasteiger partial charge is 0.394 e. The number of aliphatic hydroxyl groups excluding tert-OH is 2. The zero-order valence-electron chi connectivity index (χ0n) is 11.0. The molecule has 0 heterocycles. The molecule has 1 aromatic rings. The second-order valence-corrected chi connectivity index (χ2v) is 6.37. The number of aryl methyl sites for hydroxylation is 1. The molecule has 0 aromatic heterocycles. The second kappa shape index (κ2) is 5.83. The first-order valence-corrected chi connectivity index (χ1v) is 7.14. The summed E-state index contributed by atoms with van der Waals surface area (Å²) in [6.07, 6.45) is 0. The predicted molar refractivity (Wildman–Crippen MR) is 70.7 cm³/mol. The molecule has 0 aliphatic heterocycles. The van der Waals surface area contributed by atoms with Crippen LogP contribution in [0.15, 0.2) is 23.1 Å². The van der Waals surface area contributed by atoms with Crippen molar-refractivity contribution in [1.82, 2.24) is 4.72 Å². The number of sulfonamides is 1. The third-order valence-corrected chi connectivity index (χ3v) is 4.40. The van der Waals surface area contributed by atoms with Gasteiger partial charge in [-0.15, -0.1) is 0 Å². The lowest BCUT2D eigenvalue weighted by atomic mass is 10.1. The van der Waals surface area contributed by atoms with Crippen molar-refractivity contribution in [1.29, 1.82) is 0 Å². The van der Waals surface area contributed by atoms with Crippen LogP contribution in [-0.2, 0) is 10.0 Å². The minimum absolute atomic E-state index is 0.303. The van der Waals surface area contributed by atoms with Gasteiger partial charge in [0.05, 0.1) is 28.6 Å². The fraction of sp³-hybridized carbons (Fsp3) is 0.455. The molecule has 3 N–H and O–H groups in total. The maximum Gasteiger partial charge on any atom is 0.273 e. The first-order valence-electron chi connectivity index (χ1n) is 5.66. The summed E-state index contributed by atoms with van der Waals surface area (Å²) in [6.45, 7) is 1.58. The molecule has 0 fully saturated rings. The third kappa shape index (κ3) is 3.51. The number of hydrogen-bond donors (Lipinski definition) is 3. The number of nitro groups is 1. The van der Waals surface area contributed by atoms with Crippen LogP contribution in [0.4, 0.5) is 5.69 Å². The Morgan fingerprint density at radius 3 is 2.35 bits per heavy atom. The summed E-state index contributed by atoms with van der Waals surface area (Å²) in [5, 5.41) is 29.0. The molecule has 0 unspecified atom stereocenters. The zero-order valence-corrected chi connectivity index (χ0v) is 11.8. The van der Waals surface area contributed by atoms with Gasteiger partial charge in [-0.3, -0.25) is 10.1 Å². The highest BCUT2D eigenvalue weighted by Gasteiger charge is 2.30. The maximum absolute atomic E-state index is 12.1. The second-order valence-electron chi connectivity index (χ2n) is 4.69. The van der Waals surface area contributed by atoms with Crippen molar-refractivity contribution in [2.75, 3.05) is 13.2 Å². The van der Waals surface area contributed by atoms with Gasteiger partial charge in [-0.2, -0.15) is 0 Å². The number of nitrogens with one attached hydrogen (secondary N) is 1. The first kappa shape index (κ1) is 16.5. The summed E-state index contributed by atoms with van der Waals surface area (Å²) >= 11 is 0. The predicted octanol–water partition coefficient (Wildman–Crippen LogP) is -0.0752. The SMILES string of the molecule is Cc1ccc(S(=O)(=O)NC(C)(CO)CO)cc1[N+](=O)[O-]. The van der Waals surface area contributed by atoms with E-state index in [1.807, 2.05) is 0 Å². The van der Waals surface area contributed by atoms with E-state index in [0.29, 0.717) is 5.56 Å². The fourth-order valence-corrected chi connectivity index (χ4v) is 2.86. The molecule has 0 radical (unpaired) electrons. The molecule has 112 valence electrons. The van der Waals surface area contributed by atoms with Crippen molar-refractivity contribution in [3.63, 3.8) is 0 Å². The topological polar surface area (TPSA) is 130 Å². The van der Waals surface area contributed by atoms with Crippen molar-refractivity contribution in [2.45, 2.75) is 24.3 Å². The third-order valence-electron chi connectivity index (χ3n) is 2.77. The smallest absolute Gasteiger partial charge is 0.273 e. The Bertz CT molecular complexity index is 609. The molecular formula is C11H16N2O6S. The quantitative estimate of drug-likeness (QED) is 0.498. The minimum Gasteiger partial charge on any atom is -0.394 e. The Balaban J connectivity index is 3.23. The highest BCUT2D eigenvalue weighted by atomic mass is 32.2. The van der Waals surface area contributed by atoms with Crippen LogP contribution >= 0.6 is 0 Å². The van der Waals surface area contributed by atoms with Gasteiger partial charge in [-0.25, -0.2) is 13.1 Å². The van der Waals surface area contributed by atoms with Crippen molar-refractivity contribution in [2.24, 2.45) is 0 Å². The molecule has 0 bridgehead atoms. The Morgan fingerprint density at radius 2 is 1.90 bits per heavy atom. The molecule has 9 heteroatoms. The van der Waals surface area contributed by atoms with E-state index < -0.39 is 33.7 Å². The van der Waals surface area contributed by atoms with Gasteiger partial charge in [0.2, 0.25) is 10.0 Å². The molecule has 8 nitrogen and oxygen atoms in total. The van der Waals surface area contributed by atoms with E-state index in [1.54, 1.807) is 0 Å². The monoisotopic (exact) mass is 304 g/mol. The van der Waals surface area contributed by atoms with E-state index in [2.05, 4.69) is 4.72 Å². The van der Waals surface area contributed by atoms with Crippen LogP contribution in [0.3, 0.4) is 0 Å².